The summed E-state index contributed by atoms with van der Waals surface area (Å²) in [6.45, 7) is 2.00. The number of rotatable bonds is 1. The van der Waals surface area contributed by atoms with Gasteiger partial charge in [0.05, 0.1) is 5.92 Å². The van der Waals surface area contributed by atoms with Gasteiger partial charge in [-0.05, 0) is 23.6 Å². The Morgan fingerprint density at radius 1 is 1.32 bits per heavy atom. The molecule has 0 saturated heterocycles. The maximum absolute atomic E-state index is 12.5. The minimum Gasteiger partial charge on any atom is -0.444 e. The van der Waals surface area contributed by atoms with Crippen molar-refractivity contribution in [2.75, 3.05) is 0 Å². The van der Waals surface area contributed by atoms with E-state index in [-0.39, 0.29) is 23.2 Å². The molecule has 22 heavy (non-hydrogen) atoms. The fraction of sp³-hybridized carbons (Fsp3) is 0.294. The number of benzene rings is 1. The van der Waals surface area contributed by atoms with Crippen molar-refractivity contribution >= 4 is 17.4 Å². The van der Waals surface area contributed by atoms with Crippen molar-refractivity contribution in [2.24, 2.45) is 11.7 Å². The molecule has 1 aliphatic heterocycles. The average Bonchev–Trinajstić information content (AvgIpc) is 2.46. The molecule has 0 saturated carbocycles. The molecule has 2 aliphatic rings. The molecule has 1 aromatic rings. The molecule has 2 unspecified atom stereocenters. The molecular weight excluding hydrogens is 300 g/mol. The second kappa shape index (κ2) is 5.51. The maximum atomic E-state index is 12.5. The van der Waals surface area contributed by atoms with Gasteiger partial charge >= 0.3 is 0 Å². The van der Waals surface area contributed by atoms with Crippen LogP contribution in [0.1, 0.15) is 31.2 Å². The van der Waals surface area contributed by atoms with Crippen molar-refractivity contribution in [3.63, 3.8) is 0 Å². The number of allylic oxidation sites excluding steroid dienone is 3. The molecule has 0 bridgehead atoms. The predicted molar refractivity (Wildman–Crippen MR) is 82.5 cm³/mol. The summed E-state index contributed by atoms with van der Waals surface area (Å²) in [6, 6.07) is 9.22. The minimum absolute atomic E-state index is 0.0222. The van der Waals surface area contributed by atoms with E-state index in [2.05, 4.69) is 6.07 Å². The van der Waals surface area contributed by atoms with Crippen LogP contribution in [-0.2, 0) is 9.53 Å². The second-order valence-corrected chi connectivity index (χ2v) is 6.19. The van der Waals surface area contributed by atoms with Gasteiger partial charge in [0.15, 0.2) is 5.78 Å². The van der Waals surface area contributed by atoms with Crippen LogP contribution in [-0.4, -0.2) is 5.78 Å². The van der Waals surface area contributed by atoms with Crippen molar-refractivity contribution in [1.29, 1.82) is 5.26 Å². The Labute approximate surface area is 133 Å². The molecule has 0 radical (unpaired) electrons. The number of ketones is 1. The van der Waals surface area contributed by atoms with Gasteiger partial charge in [-0.2, -0.15) is 5.26 Å². The highest BCUT2D eigenvalue weighted by atomic mass is 35.5. The summed E-state index contributed by atoms with van der Waals surface area (Å²) in [4.78, 5) is 12.5. The van der Waals surface area contributed by atoms with Crippen molar-refractivity contribution < 1.29 is 9.53 Å². The third-order valence-corrected chi connectivity index (χ3v) is 4.32. The fourth-order valence-corrected chi connectivity index (χ4v) is 3.21. The highest BCUT2D eigenvalue weighted by Crippen LogP contribution is 2.44. The van der Waals surface area contributed by atoms with Crippen molar-refractivity contribution in [2.45, 2.75) is 25.7 Å². The molecule has 0 amide bonds. The van der Waals surface area contributed by atoms with E-state index < -0.39 is 5.92 Å². The van der Waals surface area contributed by atoms with Crippen molar-refractivity contribution in [3.8, 4) is 6.07 Å². The van der Waals surface area contributed by atoms with Gasteiger partial charge in [0.1, 0.15) is 17.4 Å². The number of carbonyl (C=O) groups excluding carboxylic acids is 1. The Morgan fingerprint density at radius 3 is 2.64 bits per heavy atom. The number of halogens is 1. The molecule has 0 fully saturated rings. The molecule has 2 N–H and O–H groups in total. The molecular formula is C17H15ClN2O2. The first-order valence-electron chi connectivity index (χ1n) is 7.10. The molecule has 5 heteroatoms. The summed E-state index contributed by atoms with van der Waals surface area (Å²) in [5, 5.41) is 10.0. The van der Waals surface area contributed by atoms with Crippen LogP contribution >= 0.6 is 11.6 Å². The smallest absolute Gasteiger partial charge is 0.205 e. The van der Waals surface area contributed by atoms with Crippen LogP contribution < -0.4 is 5.73 Å². The lowest BCUT2D eigenvalue weighted by Crippen LogP contribution is -2.29. The Bertz CT molecular complexity index is 741. The van der Waals surface area contributed by atoms with E-state index in [0.29, 0.717) is 29.2 Å². The molecule has 2 atom stereocenters. The van der Waals surface area contributed by atoms with Gasteiger partial charge in [0.25, 0.3) is 0 Å². The predicted octanol–water partition coefficient (Wildman–Crippen LogP) is 3.40. The first kappa shape index (κ1) is 14.7. The van der Waals surface area contributed by atoms with Gasteiger partial charge in [0, 0.05) is 23.4 Å². The summed E-state index contributed by atoms with van der Waals surface area (Å²) in [7, 11) is 0. The van der Waals surface area contributed by atoms with Gasteiger partial charge in [0.2, 0.25) is 5.88 Å². The van der Waals surface area contributed by atoms with Gasteiger partial charge in [-0.15, -0.1) is 0 Å². The Morgan fingerprint density at radius 2 is 2.00 bits per heavy atom. The van der Waals surface area contributed by atoms with Crippen LogP contribution in [0.15, 0.2) is 47.1 Å². The summed E-state index contributed by atoms with van der Waals surface area (Å²) < 4.78 is 5.58. The zero-order valence-corrected chi connectivity index (χ0v) is 12.9. The van der Waals surface area contributed by atoms with E-state index in [1.165, 1.54) is 0 Å². The van der Waals surface area contributed by atoms with E-state index >= 15 is 0 Å². The molecule has 0 spiro atoms. The third-order valence-electron chi connectivity index (χ3n) is 4.07. The Hall–Kier alpha value is -2.25. The number of hydrogen-bond donors (Lipinski definition) is 1. The average molecular weight is 315 g/mol. The van der Waals surface area contributed by atoms with E-state index in [0.717, 1.165) is 5.56 Å². The molecule has 4 nitrogen and oxygen atoms in total. The monoisotopic (exact) mass is 314 g/mol. The van der Waals surface area contributed by atoms with E-state index in [9.17, 15) is 10.1 Å². The van der Waals surface area contributed by atoms with Gasteiger partial charge in [-0.25, -0.2) is 0 Å². The van der Waals surface area contributed by atoms with Gasteiger partial charge < -0.3 is 10.5 Å². The highest BCUT2D eigenvalue weighted by Gasteiger charge is 2.39. The Balaban J connectivity index is 2.16. The van der Waals surface area contributed by atoms with Crippen molar-refractivity contribution in [3.05, 3.63) is 57.6 Å². The van der Waals surface area contributed by atoms with E-state index in [1.54, 1.807) is 12.1 Å². The molecule has 112 valence electrons. The van der Waals surface area contributed by atoms with Crippen LogP contribution in [0.2, 0.25) is 5.02 Å². The zero-order chi connectivity index (χ0) is 15.9. The summed E-state index contributed by atoms with van der Waals surface area (Å²) in [5.41, 5.74) is 7.57. The van der Waals surface area contributed by atoms with E-state index in [4.69, 9.17) is 22.1 Å². The number of nitrogens with zero attached hydrogens (tertiary/aromatic N) is 1. The van der Waals surface area contributed by atoms with Crippen LogP contribution in [0.3, 0.4) is 0 Å². The third kappa shape index (κ3) is 2.38. The van der Waals surface area contributed by atoms with Crippen LogP contribution in [0, 0.1) is 17.2 Å². The number of ether oxygens (including phenoxy) is 1. The molecule has 0 aromatic heterocycles. The van der Waals surface area contributed by atoms with Gasteiger partial charge in [-0.1, -0.05) is 30.7 Å². The number of nitriles is 1. The van der Waals surface area contributed by atoms with Crippen LogP contribution in [0.4, 0.5) is 0 Å². The maximum Gasteiger partial charge on any atom is 0.205 e. The van der Waals surface area contributed by atoms with Gasteiger partial charge in [-0.3, -0.25) is 4.79 Å². The molecule has 1 heterocycles. The summed E-state index contributed by atoms with van der Waals surface area (Å²) >= 11 is 5.93. The second-order valence-electron chi connectivity index (χ2n) is 5.75. The lowest BCUT2D eigenvalue weighted by Gasteiger charge is -2.32. The lowest BCUT2D eigenvalue weighted by atomic mass is 9.75. The number of Topliss-reactive ketones (excluding diaryl/α,β-unsaturated/α-hetero) is 1. The van der Waals surface area contributed by atoms with E-state index in [1.807, 2.05) is 19.1 Å². The largest absolute Gasteiger partial charge is 0.444 e. The number of carbonyl (C=O) groups is 1. The SMILES string of the molecule is CC1CC(=O)C2=C(C1)OC(N)=C(C#N)C2c1ccc(Cl)cc1. The molecule has 1 aromatic carbocycles. The zero-order valence-electron chi connectivity index (χ0n) is 12.1. The van der Waals surface area contributed by atoms with Crippen molar-refractivity contribution in [1.82, 2.24) is 0 Å². The highest BCUT2D eigenvalue weighted by molar-refractivity contribution is 6.30. The topological polar surface area (TPSA) is 76.1 Å². The minimum atomic E-state index is -0.467. The lowest BCUT2D eigenvalue weighted by molar-refractivity contribution is -0.117. The quantitative estimate of drug-likeness (QED) is 0.862. The molecule has 1 aliphatic carbocycles. The number of hydrogen-bond acceptors (Lipinski definition) is 4. The molecule has 3 rings (SSSR count). The van der Waals surface area contributed by atoms with Crippen LogP contribution in [0.25, 0.3) is 0 Å². The normalized spacial score (nSPS) is 24.7. The fourth-order valence-electron chi connectivity index (χ4n) is 3.08. The summed E-state index contributed by atoms with van der Waals surface area (Å²) in [5.74, 6) is 0.455. The first-order valence-corrected chi connectivity index (χ1v) is 7.48. The first-order chi connectivity index (χ1) is 10.5. The number of nitrogens with two attached hydrogens (primary N) is 1. The Kier molecular flexibility index (Phi) is 3.67. The van der Waals surface area contributed by atoms with Crippen LogP contribution in [0.5, 0.6) is 0 Å². The standard InChI is InChI=1S/C17H15ClN2O2/c1-9-6-13(21)16-14(7-9)22-17(20)12(8-19)15(16)10-2-4-11(18)5-3-10/h2-5,9,15H,6-7,20H2,1H3. The summed E-state index contributed by atoms with van der Waals surface area (Å²) in [6.07, 6.45) is 1.12.